The fourth-order valence-electron chi connectivity index (χ4n) is 13.8. The number of anilines is 6. The second-order valence-corrected chi connectivity index (χ2v) is 33.0. The maximum absolute atomic E-state index is 6.61. The maximum atomic E-state index is 6.61. The molecule has 73 heavy (non-hydrogen) atoms. The van der Waals surface area contributed by atoms with Crippen molar-refractivity contribution < 1.29 is 8.83 Å². The molecule has 0 N–H and O–H groups in total. The van der Waals surface area contributed by atoms with Gasteiger partial charge in [-0.05, 0) is 128 Å². The molecule has 0 bridgehead atoms. The number of nitrogens with zero attached hydrogens (tertiary/aromatic N) is 2. The fourth-order valence-corrected chi connectivity index (χ4v) is 26.8. The van der Waals surface area contributed by atoms with E-state index in [0.717, 1.165) is 72.3 Å². The van der Waals surface area contributed by atoms with Crippen LogP contribution in [0.2, 0.25) is 39.3 Å². The van der Waals surface area contributed by atoms with Crippen molar-refractivity contribution in [3.8, 4) is 11.1 Å². The molecule has 14 rings (SSSR count). The molecule has 0 fully saturated rings. The minimum Gasteiger partial charge on any atom is -0.456 e. The molecule has 0 unspecified atom stereocenters. The van der Waals surface area contributed by atoms with Gasteiger partial charge >= 0.3 is 0 Å². The van der Waals surface area contributed by atoms with E-state index >= 15 is 0 Å². The summed E-state index contributed by atoms with van der Waals surface area (Å²) in [5.41, 5.74) is 16.0. The van der Waals surface area contributed by atoms with Gasteiger partial charge in [-0.2, -0.15) is 0 Å². The van der Waals surface area contributed by atoms with E-state index in [1.165, 1.54) is 60.3 Å². The number of furan rings is 2. The Balaban J connectivity index is 1.10. The van der Waals surface area contributed by atoms with Crippen LogP contribution >= 0.6 is 0 Å². The Morgan fingerprint density at radius 1 is 0.315 bits per heavy atom. The van der Waals surface area contributed by atoms with Crippen LogP contribution in [0.4, 0.5) is 34.1 Å². The van der Waals surface area contributed by atoms with Gasteiger partial charge in [0.2, 0.25) is 0 Å². The third-order valence-corrected chi connectivity index (χ3v) is 26.1. The number of fused-ring (bicyclic) bond motifs is 16. The molecule has 0 atom stereocenters. The Labute approximate surface area is 427 Å². The number of para-hydroxylation sites is 4. The van der Waals surface area contributed by atoms with Gasteiger partial charge in [-0.15, -0.1) is 0 Å². The Morgan fingerprint density at radius 3 is 1.33 bits per heavy atom. The lowest BCUT2D eigenvalue weighted by Crippen LogP contribution is -2.63. The van der Waals surface area contributed by atoms with Crippen LogP contribution in [-0.2, 0) is 4.66 Å². The highest BCUT2D eigenvalue weighted by atomic mass is 28.4. The molecule has 0 spiro atoms. The summed E-state index contributed by atoms with van der Waals surface area (Å²) in [6, 6.07) is 80.2. The topological polar surface area (TPSA) is 32.8 Å². The molecule has 1 aliphatic rings. The van der Waals surface area contributed by atoms with Crippen molar-refractivity contribution in [2.75, 3.05) is 9.80 Å². The Morgan fingerprint density at radius 2 is 0.767 bits per heavy atom. The highest BCUT2D eigenvalue weighted by Crippen LogP contribution is 2.64. The average molecular weight is 975 g/mol. The van der Waals surface area contributed by atoms with E-state index in [1.807, 2.05) is 0 Å². The molecule has 2 heterocycles. The molecule has 2 aromatic heterocycles. The summed E-state index contributed by atoms with van der Waals surface area (Å²) < 4.78 is 12.9. The Kier molecular flexibility index (Phi) is 9.51. The van der Waals surface area contributed by atoms with Gasteiger partial charge in [0, 0.05) is 37.9 Å². The normalized spacial score (nSPS) is 13.5. The quantitative estimate of drug-likeness (QED) is 0.112. The SMILES string of the molecule is C[Si](C)(C)C1([Si](C)(C)C)c2cc(N(c3ccccc3)c3cccc4oc5ccccc5c34)c3ccccc3c2-c2c1c1ccc(N(c3ccccc3)c3cccc4oc5ccccc5c34)cc1c1ccccc21. The van der Waals surface area contributed by atoms with Crippen LogP contribution in [-0.4, -0.2) is 16.1 Å². The summed E-state index contributed by atoms with van der Waals surface area (Å²) in [7, 11) is -4.54. The molecule has 1 aliphatic carbocycles. The first-order valence-corrected chi connectivity index (χ1v) is 32.6. The van der Waals surface area contributed by atoms with Crippen LogP contribution in [0.3, 0.4) is 0 Å². The molecule has 13 aromatic rings. The van der Waals surface area contributed by atoms with Crippen LogP contribution in [0.5, 0.6) is 0 Å². The lowest BCUT2D eigenvalue weighted by atomic mass is 9.89. The summed E-state index contributed by atoms with van der Waals surface area (Å²) in [4.78, 5) is 4.96. The van der Waals surface area contributed by atoms with Gasteiger partial charge in [0.1, 0.15) is 22.3 Å². The van der Waals surface area contributed by atoms with Crippen LogP contribution in [0, 0.1) is 0 Å². The standard InChI is InChI=1S/C67H54N2O2Si2/c1-72(2,3)67(73(4,5)6)54-42-57(69(44-25-11-8-12-26-44)56-34-22-38-61-64(56)52-32-18-20-36-59(52)71-61)47-28-14-16-30-49(47)62(54)65-48-29-15-13-27-46(48)53-41-45(39-40-50(53)66(65)67)68(43-23-9-7-10-24-43)55-33-21-37-60-63(55)51-31-17-19-35-58(51)70-60/h7-42H,1-6H3. The van der Waals surface area contributed by atoms with Crippen molar-refractivity contribution >= 4 is 126 Å². The zero-order valence-corrected chi connectivity index (χ0v) is 44.0. The molecule has 352 valence electrons. The molecule has 0 saturated carbocycles. The van der Waals surface area contributed by atoms with Crippen LogP contribution in [0.1, 0.15) is 11.1 Å². The predicted octanol–water partition coefficient (Wildman–Crippen LogP) is 19.9. The van der Waals surface area contributed by atoms with Gasteiger partial charge < -0.3 is 18.6 Å². The first-order chi connectivity index (χ1) is 35.5. The van der Waals surface area contributed by atoms with Crippen molar-refractivity contribution in [3.05, 3.63) is 230 Å². The Bertz CT molecular complexity index is 4360. The smallest absolute Gasteiger partial charge is 0.137 e. The van der Waals surface area contributed by atoms with E-state index in [2.05, 4.69) is 267 Å². The maximum Gasteiger partial charge on any atom is 0.137 e. The lowest BCUT2D eigenvalue weighted by molar-refractivity contribution is 0.668. The lowest BCUT2D eigenvalue weighted by Gasteiger charge is -2.52. The Hall–Kier alpha value is -8.17. The summed E-state index contributed by atoms with van der Waals surface area (Å²) in [6.07, 6.45) is 0. The highest BCUT2D eigenvalue weighted by molar-refractivity contribution is 7.00. The summed E-state index contributed by atoms with van der Waals surface area (Å²) in [6.45, 7) is 15.9. The van der Waals surface area contributed by atoms with Crippen molar-refractivity contribution in [1.82, 2.24) is 0 Å². The molecule has 0 amide bonds. The number of benzene rings is 11. The highest BCUT2D eigenvalue weighted by Gasteiger charge is 2.60. The van der Waals surface area contributed by atoms with Gasteiger partial charge in [0.05, 0.1) is 44.0 Å². The minimum absolute atomic E-state index is 0.218. The van der Waals surface area contributed by atoms with Crippen molar-refractivity contribution in [2.24, 2.45) is 0 Å². The third-order valence-electron chi connectivity index (χ3n) is 16.1. The summed E-state index contributed by atoms with van der Waals surface area (Å²) in [5.74, 6) is 0. The third kappa shape index (κ3) is 6.17. The van der Waals surface area contributed by atoms with E-state index < -0.39 is 16.1 Å². The van der Waals surface area contributed by atoms with Crippen LogP contribution in [0.15, 0.2) is 227 Å². The summed E-state index contributed by atoms with van der Waals surface area (Å²) >= 11 is 0. The van der Waals surface area contributed by atoms with Crippen LogP contribution < -0.4 is 9.80 Å². The molecule has 4 nitrogen and oxygen atoms in total. The van der Waals surface area contributed by atoms with Crippen molar-refractivity contribution in [3.63, 3.8) is 0 Å². The number of hydrogen-bond acceptors (Lipinski definition) is 4. The van der Waals surface area contributed by atoms with Gasteiger partial charge in [-0.3, -0.25) is 0 Å². The molecule has 0 saturated heterocycles. The fraction of sp³-hybridized carbons (Fsp3) is 0.104. The van der Waals surface area contributed by atoms with Gasteiger partial charge in [-0.1, -0.05) is 179 Å². The first kappa shape index (κ1) is 43.6. The minimum atomic E-state index is -2.27. The molecular formula is C67H54N2O2Si2. The van der Waals surface area contributed by atoms with Gasteiger partial charge in [-0.25, -0.2) is 0 Å². The number of hydrogen-bond donors (Lipinski definition) is 0. The number of rotatable bonds is 8. The zero-order valence-electron chi connectivity index (χ0n) is 42.0. The van der Waals surface area contributed by atoms with Gasteiger partial charge in [0.15, 0.2) is 0 Å². The van der Waals surface area contributed by atoms with Gasteiger partial charge in [0.25, 0.3) is 0 Å². The molecule has 11 aromatic carbocycles. The molecule has 0 aliphatic heterocycles. The van der Waals surface area contributed by atoms with E-state index in [4.69, 9.17) is 8.83 Å². The monoisotopic (exact) mass is 974 g/mol. The van der Waals surface area contributed by atoms with E-state index in [1.54, 1.807) is 0 Å². The molecule has 0 radical (unpaired) electrons. The molecular weight excluding hydrogens is 921 g/mol. The first-order valence-electron chi connectivity index (χ1n) is 25.6. The summed E-state index contributed by atoms with van der Waals surface area (Å²) in [5, 5.41) is 12.2. The zero-order chi connectivity index (χ0) is 49.4. The van der Waals surface area contributed by atoms with E-state index in [0.29, 0.717) is 0 Å². The van der Waals surface area contributed by atoms with Crippen LogP contribution in [0.25, 0.3) is 87.3 Å². The second-order valence-electron chi connectivity index (χ2n) is 22.0. The van der Waals surface area contributed by atoms with E-state index in [-0.39, 0.29) is 4.66 Å². The average Bonchev–Trinajstić information content (AvgIpc) is 4.09. The van der Waals surface area contributed by atoms with Crippen molar-refractivity contribution in [1.29, 1.82) is 0 Å². The predicted molar refractivity (Wildman–Crippen MR) is 316 cm³/mol. The van der Waals surface area contributed by atoms with E-state index in [9.17, 15) is 0 Å². The molecule has 6 heteroatoms. The van der Waals surface area contributed by atoms with Crippen molar-refractivity contribution in [2.45, 2.75) is 43.9 Å². The second kappa shape index (κ2) is 15.9. The largest absolute Gasteiger partial charge is 0.456 e.